The molecule has 202 valence electrons. The second kappa shape index (κ2) is 10.9. The van der Waals surface area contributed by atoms with Gasteiger partial charge in [-0.05, 0) is 56.6 Å². The fourth-order valence-corrected chi connectivity index (χ4v) is 7.24. The molecule has 3 N–H and O–H groups in total. The highest BCUT2D eigenvalue weighted by atomic mass is 32.2. The van der Waals surface area contributed by atoms with Gasteiger partial charge in [0.2, 0.25) is 21.8 Å². The highest BCUT2D eigenvalue weighted by Crippen LogP contribution is 2.35. The van der Waals surface area contributed by atoms with Crippen LogP contribution in [0, 0.1) is 5.92 Å². The zero-order valence-corrected chi connectivity index (χ0v) is 21.7. The van der Waals surface area contributed by atoms with Gasteiger partial charge in [0.15, 0.2) is 0 Å². The largest absolute Gasteiger partial charge is 0.463 e. The van der Waals surface area contributed by atoms with Gasteiger partial charge in [-0.2, -0.15) is 4.31 Å². The number of sulfonamides is 1. The Morgan fingerprint density at radius 2 is 1.78 bits per heavy atom. The number of carbonyl (C=O) groups excluding carboxylic acids is 4. The van der Waals surface area contributed by atoms with Crippen molar-refractivity contribution in [2.75, 3.05) is 26.7 Å². The molecule has 2 saturated heterocycles. The molecule has 0 aromatic heterocycles. The summed E-state index contributed by atoms with van der Waals surface area (Å²) in [7, 11) is -2.61. The van der Waals surface area contributed by atoms with E-state index in [9.17, 15) is 27.6 Å². The summed E-state index contributed by atoms with van der Waals surface area (Å²) < 4.78 is 31.9. The number of esters is 1. The molecule has 2 heterocycles. The Hall–Kier alpha value is -2.83. The summed E-state index contributed by atoms with van der Waals surface area (Å²) in [6.07, 6.45) is 2.44. The zero-order valence-electron chi connectivity index (χ0n) is 20.9. The highest BCUT2D eigenvalue weighted by molar-refractivity contribution is 7.88. The number of ether oxygens (including phenoxy) is 1. The summed E-state index contributed by atoms with van der Waals surface area (Å²) in [5.74, 6) is -2.82. The Balaban J connectivity index is 1.47. The molecule has 3 fully saturated rings. The average Bonchev–Trinajstić information content (AvgIpc) is 3.33. The van der Waals surface area contributed by atoms with Gasteiger partial charge in [-0.3, -0.25) is 14.4 Å². The van der Waals surface area contributed by atoms with Crippen LogP contribution >= 0.6 is 0 Å². The summed E-state index contributed by atoms with van der Waals surface area (Å²) in [5.41, 5.74) is 5.00. The molecule has 11 nitrogen and oxygen atoms in total. The van der Waals surface area contributed by atoms with Crippen LogP contribution in [-0.2, 0) is 39.7 Å². The van der Waals surface area contributed by atoms with Crippen LogP contribution in [0.4, 0.5) is 0 Å². The van der Waals surface area contributed by atoms with Crippen molar-refractivity contribution in [3.05, 3.63) is 35.9 Å². The molecule has 37 heavy (non-hydrogen) atoms. The number of fused-ring (bicyclic) bond motifs is 1. The van der Waals surface area contributed by atoms with E-state index in [4.69, 9.17) is 5.73 Å². The first-order valence-corrected chi connectivity index (χ1v) is 14.2. The molecule has 1 aromatic rings. The Morgan fingerprint density at radius 3 is 2.41 bits per heavy atom. The molecule has 1 aliphatic carbocycles. The lowest BCUT2D eigenvalue weighted by Crippen LogP contribution is -2.64. The number of piperazine rings is 1. The monoisotopic (exact) mass is 534 g/mol. The zero-order chi connectivity index (χ0) is 26.8. The maximum Gasteiger partial charge on any atom is 0.376 e. The number of hydrogen-bond acceptors (Lipinski definition) is 8. The van der Waals surface area contributed by atoms with Crippen molar-refractivity contribution >= 4 is 33.6 Å². The van der Waals surface area contributed by atoms with E-state index in [1.165, 1.54) is 9.21 Å². The van der Waals surface area contributed by atoms with Crippen molar-refractivity contribution in [3.8, 4) is 0 Å². The number of nitrogens with two attached hydrogens (primary N) is 1. The van der Waals surface area contributed by atoms with Gasteiger partial charge in [0.25, 0.3) is 5.78 Å². The number of carbonyl (C=O) groups is 4. The standard InChI is InChI=1S/C25H34N4O7S/c1-36-24(33)22(31)25(11-9-17(13-26)10-12-25)27-23(32)20-8-7-19-14-28(15-21(30)29(19)20)37(34,35)16-18-5-3-2-4-6-18/h2-6,17,19-20H,7-16,26H2,1H3,(H,27,32)/t17?,19-,20-,25?/m0/s1. The molecule has 0 unspecified atom stereocenters. The van der Waals surface area contributed by atoms with E-state index in [0.29, 0.717) is 37.8 Å². The van der Waals surface area contributed by atoms with Crippen LogP contribution in [0.15, 0.2) is 30.3 Å². The van der Waals surface area contributed by atoms with Crippen LogP contribution in [0.2, 0.25) is 0 Å². The molecule has 2 amide bonds. The lowest BCUT2D eigenvalue weighted by molar-refractivity contribution is -0.157. The van der Waals surface area contributed by atoms with Crippen molar-refractivity contribution < 1.29 is 32.3 Å². The van der Waals surface area contributed by atoms with Gasteiger partial charge in [0.05, 0.1) is 19.4 Å². The predicted molar refractivity (Wildman–Crippen MR) is 133 cm³/mol. The third-order valence-electron chi connectivity index (χ3n) is 7.86. The average molecular weight is 535 g/mol. The van der Waals surface area contributed by atoms with Crippen LogP contribution in [0.5, 0.6) is 0 Å². The predicted octanol–water partition coefficient (Wildman–Crippen LogP) is -0.0624. The Morgan fingerprint density at radius 1 is 1.11 bits per heavy atom. The van der Waals surface area contributed by atoms with Gasteiger partial charge in [0.1, 0.15) is 11.6 Å². The van der Waals surface area contributed by atoms with Gasteiger partial charge in [0, 0.05) is 12.6 Å². The number of benzene rings is 1. The summed E-state index contributed by atoms with van der Waals surface area (Å²) in [6, 6.07) is 7.47. The first-order valence-electron chi connectivity index (χ1n) is 12.6. The van der Waals surface area contributed by atoms with E-state index in [0.717, 1.165) is 7.11 Å². The van der Waals surface area contributed by atoms with Crippen LogP contribution in [0.1, 0.15) is 44.1 Å². The van der Waals surface area contributed by atoms with Crippen LogP contribution in [-0.4, -0.2) is 85.6 Å². The van der Waals surface area contributed by atoms with E-state index >= 15 is 0 Å². The lowest BCUT2D eigenvalue weighted by atomic mass is 9.73. The van der Waals surface area contributed by atoms with E-state index in [-0.39, 0.29) is 37.6 Å². The normalized spacial score (nSPS) is 28.4. The van der Waals surface area contributed by atoms with Crippen molar-refractivity contribution in [2.24, 2.45) is 11.7 Å². The molecular formula is C25H34N4O7S. The molecule has 1 saturated carbocycles. The summed E-state index contributed by atoms with van der Waals surface area (Å²) >= 11 is 0. The van der Waals surface area contributed by atoms with E-state index in [2.05, 4.69) is 10.1 Å². The molecule has 2 aliphatic heterocycles. The van der Waals surface area contributed by atoms with Crippen LogP contribution < -0.4 is 11.1 Å². The minimum atomic E-state index is -3.73. The van der Waals surface area contributed by atoms with Gasteiger partial charge in [-0.25, -0.2) is 13.2 Å². The minimum absolute atomic E-state index is 0.106. The van der Waals surface area contributed by atoms with Gasteiger partial charge < -0.3 is 20.7 Å². The quantitative estimate of drug-likeness (QED) is 0.347. The summed E-state index contributed by atoms with van der Waals surface area (Å²) in [4.78, 5) is 53.1. The number of rotatable bonds is 8. The molecular weight excluding hydrogens is 500 g/mol. The molecule has 0 radical (unpaired) electrons. The SMILES string of the molecule is COC(=O)C(=O)C1(NC(=O)[C@@H]2CC[C@H]3CN(S(=O)(=O)Cc4ccccc4)CC(=O)N32)CCC(CN)CC1. The molecule has 1 aromatic carbocycles. The first-order chi connectivity index (χ1) is 17.6. The lowest BCUT2D eigenvalue weighted by Gasteiger charge is -2.41. The molecule has 0 spiro atoms. The molecule has 3 aliphatic rings. The van der Waals surface area contributed by atoms with E-state index in [1.54, 1.807) is 30.3 Å². The van der Waals surface area contributed by atoms with Gasteiger partial charge in [-0.15, -0.1) is 0 Å². The van der Waals surface area contributed by atoms with Gasteiger partial charge in [-0.1, -0.05) is 30.3 Å². The third-order valence-corrected chi connectivity index (χ3v) is 9.63. The maximum absolute atomic E-state index is 13.4. The maximum atomic E-state index is 13.4. The minimum Gasteiger partial charge on any atom is -0.463 e. The fourth-order valence-electron chi connectivity index (χ4n) is 5.74. The second-order valence-electron chi connectivity index (χ2n) is 10.2. The topological polar surface area (TPSA) is 156 Å². The molecule has 2 atom stereocenters. The fraction of sp³-hybridized carbons (Fsp3) is 0.600. The number of ketones is 1. The van der Waals surface area contributed by atoms with Crippen molar-refractivity contribution in [3.63, 3.8) is 0 Å². The Bertz CT molecular complexity index is 1150. The van der Waals surface area contributed by atoms with Crippen molar-refractivity contribution in [1.29, 1.82) is 0 Å². The number of methoxy groups -OCH3 is 1. The first kappa shape index (κ1) is 27.2. The number of Topliss-reactive ketones (excluding diaryl/α,β-unsaturated/α-hetero) is 1. The molecule has 12 heteroatoms. The summed E-state index contributed by atoms with van der Waals surface area (Å²) in [5, 5.41) is 2.81. The van der Waals surface area contributed by atoms with Crippen LogP contribution in [0.25, 0.3) is 0 Å². The number of nitrogens with zero attached hydrogens (tertiary/aromatic N) is 2. The molecule has 4 rings (SSSR count). The van der Waals surface area contributed by atoms with Crippen molar-refractivity contribution in [2.45, 2.75) is 61.9 Å². The second-order valence-corrected chi connectivity index (χ2v) is 12.1. The van der Waals surface area contributed by atoms with E-state index < -0.39 is 51.2 Å². The Kier molecular flexibility index (Phi) is 8.00. The number of amides is 2. The summed E-state index contributed by atoms with van der Waals surface area (Å²) in [6.45, 7) is 0.210. The number of nitrogens with one attached hydrogen (secondary N) is 1. The highest BCUT2D eigenvalue weighted by Gasteiger charge is 2.51. The smallest absolute Gasteiger partial charge is 0.376 e. The van der Waals surface area contributed by atoms with Crippen molar-refractivity contribution in [1.82, 2.24) is 14.5 Å². The third kappa shape index (κ3) is 5.55. The van der Waals surface area contributed by atoms with Crippen LogP contribution in [0.3, 0.4) is 0 Å². The molecule has 0 bridgehead atoms. The number of hydrogen-bond donors (Lipinski definition) is 2. The van der Waals surface area contributed by atoms with E-state index in [1.807, 2.05) is 0 Å². The van der Waals surface area contributed by atoms with Gasteiger partial charge >= 0.3 is 5.97 Å². The Labute approximate surface area is 216 Å².